The van der Waals surface area contributed by atoms with E-state index in [1.54, 1.807) is 0 Å². The van der Waals surface area contributed by atoms with E-state index in [0.29, 0.717) is 11.5 Å². The topological polar surface area (TPSA) is 46.9 Å². The molecule has 4 heteroatoms. The molecule has 2 N–H and O–H groups in total. The Morgan fingerprint density at radius 1 is 0.488 bits per heavy atom. The fourth-order valence-corrected chi connectivity index (χ4v) is 5.81. The van der Waals surface area contributed by atoms with Crippen LogP contribution in [-0.4, -0.2) is 46.2 Å². The third-order valence-electron chi connectivity index (χ3n) is 8.54. The highest BCUT2D eigenvalue weighted by atomic mass is 16.3. The van der Waals surface area contributed by atoms with Gasteiger partial charge in [0.15, 0.2) is 0 Å². The van der Waals surface area contributed by atoms with Crippen molar-refractivity contribution in [2.24, 2.45) is 0 Å². The molecule has 0 atom stereocenters. The number of phenolic OH excluding ortho intramolecular Hbond substituents is 2. The van der Waals surface area contributed by atoms with Gasteiger partial charge in [0, 0.05) is 24.2 Å². The number of nitrogens with zero attached hydrogens (tertiary/aromatic N) is 2. The van der Waals surface area contributed by atoms with E-state index in [9.17, 15) is 10.2 Å². The lowest BCUT2D eigenvalue weighted by Gasteiger charge is -2.31. The summed E-state index contributed by atoms with van der Waals surface area (Å²) in [6.07, 6.45) is 3.19. The van der Waals surface area contributed by atoms with Crippen LogP contribution in [0.2, 0.25) is 0 Å². The summed E-state index contributed by atoms with van der Waals surface area (Å²) in [4.78, 5) is 5.01. The molecule has 0 aromatic heterocycles. The average molecular weight is 595 g/mol. The van der Waals surface area contributed by atoms with Crippen LogP contribution in [-0.2, 0) is 34.7 Å². The maximum atomic E-state index is 11.4. The molecular weight excluding hydrogens is 528 g/mol. The zero-order valence-electron chi connectivity index (χ0n) is 30.5. The Morgan fingerprint density at radius 3 is 1.07 bits per heavy atom. The maximum absolute atomic E-state index is 11.4. The third kappa shape index (κ3) is 10.5. The summed E-state index contributed by atoms with van der Waals surface area (Å²) in [5.41, 5.74) is 6.48. The van der Waals surface area contributed by atoms with Crippen molar-refractivity contribution in [1.82, 2.24) is 9.80 Å². The summed E-state index contributed by atoms with van der Waals surface area (Å²) >= 11 is 0. The van der Waals surface area contributed by atoms with Gasteiger partial charge in [0.1, 0.15) is 11.5 Å². The molecule has 0 unspecified atom stereocenters. The predicted molar refractivity (Wildman–Crippen MR) is 187 cm³/mol. The summed E-state index contributed by atoms with van der Waals surface area (Å²) in [6, 6.07) is 8.88. The molecule has 0 aliphatic heterocycles. The van der Waals surface area contributed by atoms with Crippen LogP contribution >= 0.6 is 0 Å². The number of rotatable bonds is 12. The Labute approximate surface area is 265 Å². The van der Waals surface area contributed by atoms with Crippen LogP contribution in [0.1, 0.15) is 150 Å². The highest BCUT2D eigenvalue weighted by Crippen LogP contribution is 2.39. The standard InChI is InChI=1S/C39H66N2O2/c1-15-18-40(26-28-22-30(36(3,4)5)24-32(34(28)42)38(9,10)11)20-17-21-41(19-16-2)27-29-23-31(37(6,7)8)25-33(35(29)43)39(12,13)14/h22-25,42-43H,15-21,26-27H2,1-14H3. The number of hydrogen-bond acceptors (Lipinski definition) is 4. The van der Waals surface area contributed by atoms with Crippen molar-refractivity contribution in [3.8, 4) is 11.5 Å². The lowest BCUT2D eigenvalue weighted by atomic mass is 9.79. The van der Waals surface area contributed by atoms with E-state index in [1.165, 1.54) is 11.1 Å². The smallest absolute Gasteiger partial charge is 0.123 e. The Hall–Kier alpha value is -2.04. The SMILES string of the molecule is CCCN(CCCN(CCC)Cc1cc(C(C)(C)C)cc(C(C)(C)C)c1O)Cc1cc(C(C)(C)C)cc(C(C)(C)C)c1O. The van der Waals surface area contributed by atoms with E-state index < -0.39 is 0 Å². The maximum Gasteiger partial charge on any atom is 0.123 e. The van der Waals surface area contributed by atoms with Crippen LogP contribution in [0.3, 0.4) is 0 Å². The number of phenols is 2. The Balaban J connectivity index is 2.30. The fourth-order valence-electron chi connectivity index (χ4n) is 5.81. The second kappa shape index (κ2) is 14.4. The highest BCUT2D eigenvalue weighted by Gasteiger charge is 2.27. The fraction of sp³-hybridized carbons (Fsp3) is 0.692. The third-order valence-corrected chi connectivity index (χ3v) is 8.54. The lowest BCUT2D eigenvalue weighted by molar-refractivity contribution is 0.214. The summed E-state index contributed by atoms with van der Waals surface area (Å²) in [5.74, 6) is 0.913. The van der Waals surface area contributed by atoms with E-state index in [1.807, 2.05) is 0 Å². The number of hydrogen-bond donors (Lipinski definition) is 2. The van der Waals surface area contributed by atoms with Gasteiger partial charge in [0.2, 0.25) is 0 Å². The molecule has 4 nitrogen and oxygen atoms in total. The molecule has 0 radical (unpaired) electrons. The second-order valence-corrected chi connectivity index (χ2v) is 17.0. The van der Waals surface area contributed by atoms with Crippen LogP contribution < -0.4 is 0 Å². The van der Waals surface area contributed by atoms with Crippen molar-refractivity contribution in [3.05, 3.63) is 57.6 Å². The minimum absolute atomic E-state index is 0.0153. The van der Waals surface area contributed by atoms with Crippen LogP contribution in [0.5, 0.6) is 11.5 Å². The molecule has 43 heavy (non-hydrogen) atoms. The first kappa shape index (κ1) is 37.1. The highest BCUT2D eigenvalue weighted by molar-refractivity contribution is 5.49. The van der Waals surface area contributed by atoms with Gasteiger partial charge in [-0.1, -0.05) is 121 Å². The summed E-state index contributed by atoms with van der Waals surface area (Å²) in [6.45, 7) is 36.5. The summed E-state index contributed by atoms with van der Waals surface area (Å²) in [7, 11) is 0. The first-order valence-corrected chi connectivity index (χ1v) is 16.8. The molecule has 0 bridgehead atoms. The quantitative estimate of drug-likeness (QED) is 0.257. The van der Waals surface area contributed by atoms with Gasteiger partial charge in [-0.3, -0.25) is 9.80 Å². The Morgan fingerprint density at radius 2 is 0.814 bits per heavy atom. The van der Waals surface area contributed by atoms with Crippen molar-refractivity contribution in [2.75, 3.05) is 26.2 Å². The van der Waals surface area contributed by atoms with Gasteiger partial charge in [-0.25, -0.2) is 0 Å². The normalized spacial score (nSPS) is 13.4. The summed E-state index contributed by atoms with van der Waals surface area (Å²) < 4.78 is 0. The van der Waals surface area contributed by atoms with Gasteiger partial charge < -0.3 is 10.2 Å². The molecular formula is C39H66N2O2. The first-order chi connectivity index (χ1) is 19.6. The lowest BCUT2D eigenvalue weighted by Crippen LogP contribution is -2.31. The Kier molecular flexibility index (Phi) is 12.4. The monoisotopic (exact) mass is 595 g/mol. The molecule has 0 saturated heterocycles. The van der Waals surface area contributed by atoms with E-state index in [0.717, 1.165) is 80.8 Å². The number of aromatic hydroxyl groups is 2. The van der Waals surface area contributed by atoms with E-state index >= 15 is 0 Å². The molecule has 244 valence electrons. The zero-order chi connectivity index (χ0) is 33.0. The van der Waals surface area contributed by atoms with Gasteiger partial charge in [-0.05, 0) is 89.4 Å². The van der Waals surface area contributed by atoms with Gasteiger partial charge in [0.25, 0.3) is 0 Å². The van der Waals surface area contributed by atoms with Crippen LogP contribution in [0, 0.1) is 0 Å². The Bertz CT molecular complexity index is 1090. The second-order valence-electron chi connectivity index (χ2n) is 17.0. The van der Waals surface area contributed by atoms with Crippen molar-refractivity contribution >= 4 is 0 Å². The van der Waals surface area contributed by atoms with Crippen molar-refractivity contribution in [3.63, 3.8) is 0 Å². The van der Waals surface area contributed by atoms with Gasteiger partial charge in [0.05, 0.1) is 0 Å². The molecule has 2 aromatic rings. The van der Waals surface area contributed by atoms with E-state index in [-0.39, 0.29) is 21.7 Å². The zero-order valence-corrected chi connectivity index (χ0v) is 30.5. The minimum Gasteiger partial charge on any atom is -0.507 e. The summed E-state index contributed by atoms with van der Waals surface area (Å²) in [5, 5.41) is 22.8. The van der Waals surface area contributed by atoms with Crippen LogP contribution in [0.25, 0.3) is 0 Å². The molecule has 0 spiro atoms. The average Bonchev–Trinajstić information content (AvgIpc) is 2.83. The molecule has 2 rings (SSSR count). The van der Waals surface area contributed by atoms with Crippen LogP contribution in [0.4, 0.5) is 0 Å². The first-order valence-electron chi connectivity index (χ1n) is 16.8. The predicted octanol–water partition coefficient (Wildman–Crippen LogP) is 9.80. The molecule has 0 heterocycles. The van der Waals surface area contributed by atoms with Gasteiger partial charge in [-0.15, -0.1) is 0 Å². The number of benzene rings is 2. The largest absolute Gasteiger partial charge is 0.507 e. The molecule has 0 aliphatic carbocycles. The van der Waals surface area contributed by atoms with Crippen molar-refractivity contribution in [1.29, 1.82) is 0 Å². The van der Waals surface area contributed by atoms with Gasteiger partial charge >= 0.3 is 0 Å². The minimum atomic E-state index is -0.126. The molecule has 2 aromatic carbocycles. The van der Waals surface area contributed by atoms with Crippen molar-refractivity contribution in [2.45, 2.75) is 151 Å². The molecule has 0 saturated carbocycles. The molecule has 0 fully saturated rings. The van der Waals surface area contributed by atoms with Gasteiger partial charge in [-0.2, -0.15) is 0 Å². The van der Waals surface area contributed by atoms with Crippen molar-refractivity contribution < 1.29 is 10.2 Å². The van der Waals surface area contributed by atoms with Crippen LogP contribution in [0.15, 0.2) is 24.3 Å². The molecule has 0 amide bonds. The molecule has 0 aliphatic rings. The van der Waals surface area contributed by atoms with E-state index in [2.05, 4.69) is 131 Å². The van der Waals surface area contributed by atoms with E-state index in [4.69, 9.17) is 0 Å².